The number of piperazine rings is 1. The van der Waals surface area contributed by atoms with Gasteiger partial charge in [-0.3, -0.25) is 10.1 Å². The molecule has 0 aromatic heterocycles. The summed E-state index contributed by atoms with van der Waals surface area (Å²) in [6.45, 7) is -0.349. The van der Waals surface area contributed by atoms with Gasteiger partial charge in [0, 0.05) is 37.3 Å². The van der Waals surface area contributed by atoms with Gasteiger partial charge in [-0.05, 0) is 30.3 Å². The van der Waals surface area contributed by atoms with Crippen LogP contribution in [0.25, 0.3) is 0 Å². The maximum Gasteiger partial charge on any atom is 0.289 e. The molecule has 12 heteroatoms. The highest BCUT2D eigenvalue weighted by Gasteiger charge is 2.36. The van der Waals surface area contributed by atoms with E-state index in [4.69, 9.17) is 11.6 Å². The zero-order valence-electron chi connectivity index (χ0n) is 14.4. The van der Waals surface area contributed by atoms with Crippen molar-refractivity contribution in [1.82, 2.24) is 8.61 Å². The Kier molecular flexibility index (Phi) is 5.73. The molecule has 28 heavy (non-hydrogen) atoms. The molecular weight excluding hydrogens is 430 g/mol. The number of sulfonamides is 2. The van der Waals surface area contributed by atoms with Gasteiger partial charge < -0.3 is 0 Å². The number of nitrogens with zero attached hydrogens (tertiary/aromatic N) is 3. The van der Waals surface area contributed by atoms with Crippen molar-refractivity contribution in [3.05, 3.63) is 63.7 Å². The molecule has 150 valence electrons. The minimum atomic E-state index is -4.12. The highest BCUT2D eigenvalue weighted by Crippen LogP contribution is 2.28. The number of halogens is 1. The van der Waals surface area contributed by atoms with E-state index in [2.05, 4.69) is 0 Å². The van der Waals surface area contributed by atoms with Crippen molar-refractivity contribution in [3.8, 4) is 0 Å². The van der Waals surface area contributed by atoms with E-state index in [0.29, 0.717) is 5.02 Å². The third-order valence-electron chi connectivity index (χ3n) is 4.33. The smallest absolute Gasteiger partial charge is 0.258 e. The van der Waals surface area contributed by atoms with Crippen LogP contribution in [0.3, 0.4) is 0 Å². The van der Waals surface area contributed by atoms with Crippen LogP contribution in [0.5, 0.6) is 0 Å². The van der Waals surface area contributed by atoms with E-state index in [1.165, 1.54) is 46.8 Å². The van der Waals surface area contributed by atoms with Gasteiger partial charge in [0.1, 0.15) is 0 Å². The van der Waals surface area contributed by atoms with Crippen molar-refractivity contribution in [3.63, 3.8) is 0 Å². The number of rotatable bonds is 5. The van der Waals surface area contributed by atoms with Crippen LogP contribution in [0.2, 0.25) is 5.02 Å². The second-order valence-corrected chi connectivity index (χ2v) is 10.3. The van der Waals surface area contributed by atoms with Crippen molar-refractivity contribution in [1.29, 1.82) is 0 Å². The molecule has 2 aromatic carbocycles. The molecular formula is C16H16ClN3O6S2. The summed E-state index contributed by atoms with van der Waals surface area (Å²) in [5.41, 5.74) is -0.515. The summed E-state index contributed by atoms with van der Waals surface area (Å²) in [6, 6.07) is 10.8. The molecule has 1 fully saturated rings. The normalized spacial score (nSPS) is 16.8. The fourth-order valence-electron chi connectivity index (χ4n) is 2.87. The van der Waals surface area contributed by atoms with E-state index >= 15 is 0 Å². The number of hydrogen-bond acceptors (Lipinski definition) is 6. The van der Waals surface area contributed by atoms with Gasteiger partial charge in [0.05, 0.1) is 9.82 Å². The van der Waals surface area contributed by atoms with Crippen molar-refractivity contribution in [2.45, 2.75) is 9.79 Å². The molecule has 1 aliphatic heterocycles. The fourth-order valence-corrected chi connectivity index (χ4v) is 6.00. The van der Waals surface area contributed by atoms with Crippen LogP contribution in [0.15, 0.2) is 58.3 Å². The average Bonchev–Trinajstić information content (AvgIpc) is 2.68. The molecule has 1 saturated heterocycles. The second-order valence-electron chi connectivity index (χ2n) is 5.99. The van der Waals surface area contributed by atoms with Gasteiger partial charge in [0.2, 0.25) is 20.0 Å². The molecule has 1 heterocycles. The summed E-state index contributed by atoms with van der Waals surface area (Å²) in [7, 11) is -7.91. The lowest BCUT2D eigenvalue weighted by Crippen LogP contribution is -2.50. The maximum absolute atomic E-state index is 12.8. The zero-order chi connectivity index (χ0) is 20.5. The summed E-state index contributed by atoms with van der Waals surface area (Å²) in [5, 5.41) is 11.5. The van der Waals surface area contributed by atoms with Gasteiger partial charge in [0.15, 0.2) is 4.90 Å². The molecule has 0 aliphatic carbocycles. The number of hydrogen-bond donors (Lipinski definition) is 0. The molecule has 3 rings (SSSR count). The topological polar surface area (TPSA) is 118 Å². The summed E-state index contributed by atoms with van der Waals surface area (Å²) in [5.74, 6) is 0. The molecule has 2 aromatic rings. The standard InChI is InChI=1S/C16H16ClN3O6S2/c17-13-5-7-14(8-6-13)27(23,24)18-9-11-19(12-10-18)28(25,26)16-4-2-1-3-15(16)20(21)22/h1-8H,9-12H2. The second kappa shape index (κ2) is 7.76. The molecule has 0 radical (unpaired) electrons. The van der Waals surface area contributed by atoms with Crippen LogP contribution in [-0.2, 0) is 20.0 Å². The first kappa shape index (κ1) is 20.7. The highest BCUT2D eigenvalue weighted by atomic mass is 35.5. The van der Waals surface area contributed by atoms with Crippen molar-refractivity contribution in [2.24, 2.45) is 0 Å². The van der Waals surface area contributed by atoms with Gasteiger partial charge in [-0.25, -0.2) is 16.8 Å². The van der Waals surface area contributed by atoms with Gasteiger partial charge in [-0.2, -0.15) is 8.61 Å². The maximum atomic E-state index is 12.8. The Morgan fingerprint density at radius 3 is 1.86 bits per heavy atom. The molecule has 0 saturated carbocycles. The molecule has 0 bridgehead atoms. The van der Waals surface area contributed by atoms with E-state index < -0.39 is 35.6 Å². The number of benzene rings is 2. The molecule has 0 spiro atoms. The highest BCUT2D eigenvalue weighted by molar-refractivity contribution is 7.89. The van der Waals surface area contributed by atoms with Crippen LogP contribution in [0.4, 0.5) is 5.69 Å². The Bertz CT molecular complexity index is 1100. The quantitative estimate of drug-likeness (QED) is 0.512. The third-order valence-corrected chi connectivity index (χ3v) is 8.44. The van der Waals surface area contributed by atoms with E-state index in [1.807, 2.05) is 0 Å². The van der Waals surface area contributed by atoms with Gasteiger partial charge >= 0.3 is 0 Å². The Hall–Kier alpha value is -2.05. The summed E-state index contributed by atoms with van der Waals surface area (Å²) < 4.78 is 53.3. The molecule has 0 amide bonds. The first-order valence-electron chi connectivity index (χ1n) is 8.13. The van der Waals surface area contributed by atoms with E-state index in [-0.39, 0.29) is 31.1 Å². The summed E-state index contributed by atoms with van der Waals surface area (Å²) >= 11 is 5.78. The van der Waals surface area contributed by atoms with Crippen LogP contribution in [-0.4, -0.2) is 56.5 Å². The summed E-state index contributed by atoms with van der Waals surface area (Å²) in [6.07, 6.45) is 0. The van der Waals surface area contributed by atoms with Gasteiger partial charge in [-0.15, -0.1) is 0 Å². The Morgan fingerprint density at radius 2 is 1.32 bits per heavy atom. The minimum Gasteiger partial charge on any atom is -0.258 e. The monoisotopic (exact) mass is 445 g/mol. The predicted molar refractivity (Wildman–Crippen MR) is 102 cm³/mol. The Labute approximate surface area is 167 Å². The Morgan fingerprint density at radius 1 is 0.821 bits per heavy atom. The number of nitro benzene ring substituents is 1. The van der Waals surface area contributed by atoms with Crippen molar-refractivity contribution < 1.29 is 21.8 Å². The molecule has 9 nitrogen and oxygen atoms in total. The Balaban J connectivity index is 1.80. The van der Waals surface area contributed by atoms with E-state index in [0.717, 1.165) is 10.4 Å². The molecule has 0 unspecified atom stereocenters. The average molecular weight is 446 g/mol. The first-order valence-corrected chi connectivity index (χ1v) is 11.4. The largest absolute Gasteiger partial charge is 0.289 e. The number of nitro groups is 1. The lowest BCUT2D eigenvalue weighted by molar-refractivity contribution is -0.387. The molecule has 1 aliphatic rings. The predicted octanol–water partition coefficient (Wildman–Crippen LogP) is 1.94. The zero-order valence-corrected chi connectivity index (χ0v) is 16.8. The fraction of sp³-hybridized carbons (Fsp3) is 0.250. The van der Waals surface area contributed by atoms with E-state index in [1.54, 1.807) is 0 Å². The van der Waals surface area contributed by atoms with Crippen molar-refractivity contribution in [2.75, 3.05) is 26.2 Å². The molecule has 0 N–H and O–H groups in total. The van der Waals surface area contributed by atoms with Crippen LogP contribution < -0.4 is 0 Å². The van der Waals surface area contributed by atoms with Crippen LogP contribution >= 0.6 is 11.6 Å². The number of para-hydroxylation sites is 1. The van der Waals surface area contributed by atoms with Gasteiger partial charge in [0.25, 0.3) is 5.69 Å². The van der Waals surface area contributed by atoms with Crippen LogP contribution in [0.1, 0.15) is 0 Å². The van der Waals surface area contributed by atoms with Crippen LogP contribution in [0, 0.1) is 10.1 Å². The first-order chi connectivity index (χ1) is 13.1. The van der Waals surface area contributed by atoms with Crippen molar-refractivity contribution >= 4 is 37.3 Å². The lowest BCUT2D eigenvalue weighted by Gasteiger charge is -2.33. The third kappa shape index (κ3) is 3.89. The lowest BCUT2D eigenvalue weighted by atomic mass is 10.3. The molecule has 0 atom stereocenters. The SMILES string of the molecule is O=[N+]([O-])c1ccccc1S(=O)(=O)N1CCN(S(=O)(=O)c2ccc(Cl)cc2)CC1. The minimum absolute atomic E-state index is 0.0619. The summed E-state index contributed by atoms with van der Waals surface area (Å²) in [4.78, 5) is 10.0. The van der Waals surface area contributed by atoms with E-state index in [9.17, 15) is 26.9 Å². The van der Waals surface area contributed by atoms with Gasteiger partial charge in [-0.1, -0.05) is 23.7 Å².